The number of nitrogens with one attached hydrogen (secondary N) is 1. The zero-order valence-corrected chi connectivity index (χ0v) is 13.5. The van der Waals surface area contributed by atoms with Crippen LogP contribution in [0.2, 0.25) is 0 Å². The molecule has 0 saturated heterocycles. The molecule has 0 bridgehead atoms. The molecule has 20 heavy (non-hydrogen) atoms. The Balaban J connectivity index is 2.21. The van der Waals surface area contributed by atoms with Crippen LogP contribution in [0.15, 0.2) is 33.6 Å². The van der Waals surface area contributed by atoms with Gasteiger partial charge in [0.2, 0.25) is 10.0 Å². The molecule has 0 aliphatic rings. The van der Waals surface area contributed by atoms with Crippen LogP contribution in [0.25, 0.3) is 0 Å². The first kappa shape index (κ1) is 15.0. The van der Waals surface area contributed by atoms with E-state index in [1.54, 1.807) is 14.0 Å². The number of nitrogens with two attached hydrogens (primary N) is 1. The average Bonchev–Trinajstić information content (AvgIpc) is 2.63. The average molecular weight is 359 g/mol. The largest absolute Gasteiger partial charge is 0.381 e. The Morgan fingerprint density at radius 1 is 1.35 bits per heavy atom. The van der Waals surface area contributed by atoms with Crippen LogP contribution in [-0.2, 0) is 23.6 Å². The Kier molecular flexibility index (Phi) is 4.17. The number of benzene rings is 1. The van der Waals surface area contributed by atoms with Crippen LogP contribution in [0.5, 0.6) is 0 Å². The van der Waals surface area contributed by atoms with Gasteiger partial charge in [-0.1, -0.05) is 28.1 Å². The van der Waals surface area contributed by atoms with E-state index < -0.39 is 10.0 Å². The lowest BCUT2D eigenvalue weighted by Crippen LogP contribution is -2.24. The maximum Gasteiger partial charge on any atom is 0.246 e. The molecule has 0 aliphatic carbocycles. The summed E-state index contributed by atoms with van der Waals surface area (Å²) >= 11 is 3.33. The van der Waals surface area contributed by atoms with Gasteiger partial charge in [0.25, 0.3) is 0 Å². The highest BCUT2D eigenvalue weighted by Crippen LogP contribution is 2.21. The van der Waals surface area contributed by atoms with E-state index in [-0.39, 0.29) is 17.3 Å². The van der Waals surface area contributed by atoms with E-state index in [1.807, 2.05) is 24.3 Å². The molecule has 8 heteroatoms. The molecule has 6 nitrogen and oxygen atoms in total. The minimum atomic E-state index is -3.68. The molecular weight excluding hydrogens is 344 g/mol. The minimum Gasteiger partial charge on any atom is -0.381 e. The first-order valence-corrected chi connectivity index (χ1v) is 8.12. The zero-order chi connectivity index (χ0) is 14.9. The van der Waals surface area contributed by atoms with E-state index in [0.717, 1.165) is 10.0 Å². The van der Waals surface area contributed by atoms with Gasteiger partial charge < -0.3 is 5.73 Å². The van der Waals surface area contributed by atoms with Crippen molar-refractivity contribution in [2.45, 2.75) is 18.4 Å². The smallest absolute Gasteiger partial charge is 0.246 e. The third-order valence-corrected chi connectivity index (χ3v) is 5.05. The number of aromatic nitrogens is 2. The molecule has 3 N–H and O–H groups in total. The number of rotatable bonds is 4. The lowest BCUT2D eigenvalue weighted by molar-refractivity contribution is 0.580. The maximum atomic E-state index is 12.3. The lowest BCUT2D eigenvalue weighted by atomic mass is 10.2. The third kappa shape index (κ3) is 3.02. The van der Waals surface area contributed by atoms with Gasteiger partial charge in [-0.05, 0) is 24.6 Å². The number of aryl methyl sites for hydroxylation is 1. The Morgan fingerprint density at radius 2 is 1.95 bits per heavy atom. The van der Waals surface area contributed by atoms with Gasteiger partial charge in [-0.3, -0.25) is 4.68 Å². The van der Waals surface area contributed by atoms with E-state index in [2.05, 4.69) is 25.8 Å². The SMILES string of the molecule is Cc1c(S(=O)(=O)NCc2ccc(Br)cc2)c(N)nn1C. The highest BCUT2D eigenvalue weighted by Gasteiger charge is 2.24. The second-order valence-electron chi connectivity index (χ2n) is 4.37. The van der Waals surface area contributed by atoms with Crippen molar-refractivity contribution >= 4 is 31.8 Å². The summed E-state index contributed by atoms with van der Waals surface area (Å²) in [5.74, 6) is 0.00769. The van der Waals surface area contributed by atoms with Crippen molar-refractivity contribution < 1.29 is 8.42 Å². The quantitative estimate of drug-likeness (QED) is 0.867. The predicted octanol–water partition coefficient (Wildman–Crippen LogP) is 1.55. The third-order valence-electron chi connectivity index (χ3n) is 2.95. The van der Waals surface area contributed by atoms with Crippen LogP contribution in [0, 0.1) is 6.92 Å². The van der Waals surface area contributed by atoms with Crippen LogP contribution in [0.3, 0.4) is 0 Å². The summed E-state index contributed by atoms with van der Waals surface area (Å²) in [6.45, 7) is 1.86. The highest BCUT2D eigenvalue weighted by molar-refractivity contribution is 9.10. The zero-order valence-electron chi connectivity index (χ0n) is 11.1. The summed E-state index contributed by atoms with van der Waals surface area (Å²) in [4.78, 5) is 0.0390. The van der Waals surface area contributed by atoms with E-state index in [0.29, 0.717) is 5.69 Å². The monoisotopic (exact) mass is 358 g/mol. The summed E-state index contributed by atoms with van der Waals surface area (Å²) in [6, 6.07) is 7.39. The standard InChI is InChI=1S/C12H15BrN4O2S/c1-8-11(12(14)16-17(8)2)20(18,19)15-7-9-3-5-10(13)6-4-9/h3-6,15H,7H2,1-2H3,(H2,14,16). The van der Waals surface area contributed by atoms with Gasteiger partial charge in [0.15, 0.2) is 5.82 Å². The van der Waals surface area contributed by atoms with Gasteiger partial charge in [-0.2, -0.15) is 5.10 Å². The summed E-state index contributed by atoms with van der Waals surface area (Å²) in [7, 11) is -2.03. The molecule has 2 aromatic rings. The van der Waals surface area contributed by atoms with Crippen molar-refractivity contribution in [2.75, 3.05) is 5.73 Å². The number of hydrogen-bond acceptors (Lipinski definition) is 4. The van der Waals surface area contributed by atoms with Gasteiger partial charge in [0.05, 0.1) is 5.69 Å². The van der Waals surface area contributed by atoms with Crippen LogP contribution in [-0.4, -0.2) is 18.2 Å². The van der Waals surface area contributed by atoms with Gasteiger partial charge in [-0.15, -0.1) is 0 Å². The molecule has 0 unspecified atom stereocenters. The molecule has 0 spiro atoms. The summed E-state index contributed by atoms with van der Waals surface area (Å²) in [5, 5.41) is 3.91. The minimum absolute atomic E-state index is 0.00769. The molecule has 2 rings (SSSR count). The van der Waals surface area contributed by atoms with Crippen molar-refractivity contribution in [3.05, 3.63) is 40.0 Å². The highest BCUT2D eigenvalue weighted by atomic mass is 79.9. The van der Waals surface area contributed by atoms with E-state index in [4.69, 9.17) is 5.73 Å². The number of sulfonamides is 1. The first-order chi connectivity index (χ1) is 9.31. The van der Waals surface area contributed by atoms with Crippen LogP contribution >= 0.6 is 15.9 Å². The number of halogens is 1. The lowest BCUT2D eigenvalue weighted by Gasteiger charge is -2.07. The molecule has 1 aromatic carbocycles. The first-order valence-electron chi connectivity index (χ1n) is 5.84. The Labute approximate surface area is 126 Å². The Morgan fingerprint density at radius 3 is 2.45 bits per heavy atom. The normalized spacial score (nSPS) is 11.8. The number of nitrogens with zero attached hydrogens (tertiary/aromatic N) is 2. The fourth-order valence-corrected chi connectivity index (χ4v) is 3.40. The summed E-state index contributed by atoms with van der Waals surface area (Å²) in [6.07, 6.45) is 0. The van der Waals surface area contributed by atoms with Crippen molar-refractivity contribution in [1.29, 1.82) is 0 Å². The fraction of sp³-hybridized carbons (Fsp3) is 0.250. The Bertz CT molecular complexity index is 723. The van der Waals surface area contributed by atoms with Gasteiger partial charge in [0.1, 0.15) is 4.90 Å². The van der Waals surface area contributed by atoms with Crippen LogP contribution in [0.1, 0.15) is 11.3 Å². The summed E-state index contributed by atoms with van der Waals surface area (Å²) in [5.41, 5.74) is 7.02. The molecule has 0 radical (unpaired) electrons. The van der Waals surface area contributed by atoms with Gasteiger partial charge in [0, 0.05) is 18.1 Å². The topological polar surface area (TPSA) is 90.0 Å². The van der Waals surface area contributed by atoms with E-state index in [1.165, 1.54) is 4.68 Å². The number of nitrogen functional groups attached to an aromatic ring is 1. The predicted molar refractivity (Wildman–Crippen MR) is 80.5 cm³/mol. The second kappa shape index (κ2) is 5.55. The fourth-order valence-electron chi connectivity index (χ4n) is 1.80. The summed E-state index contributed by atoms with van der Waals surface area (Å²) < 4.78 is 29.5. The number of anilines is 1. The van der Waals surface area contributed by atoms with Crippen LogP contribution in [0.4, 0.5) is 5.82 Å². The molecule has 108 valence electrons. The molecule has 1 heterocycles. The molecule has 0 amide bonds. The molecule has 0 saturated carbocycles. The van der Waals surface area contributed by atoms with Crippen molar-refractivity contribution in [2.24, 2.45) is 7.05 Å². The van der Waals surface area contributed by atoms with Gasteiger partial charge >= 0.3 is 0 Å². The number of hydrogen-bond donors (Lipinski definition) is 2. The molecular formula is C12H15BrN4O2S. The van der Waals surface area contributed by atoms with Crippen molar-refractivity contribution in [1.82, 2.24) is 14.5 Å². The second-order valence-corrected chi connectivity index (χ2v) is 6.99. The van der Waals surface area contributed by atoms with Crippen LogP contribution < -0.4 is 10.5 Å². The maximum absolute atomic E-state index is 12.3. The van der Waals surface area contributed by atoms with E-state index >= 15 is 0 Å². The van der Waals surface area contributed by atoms with E-state index in [9.17, 15) is 8.42 Å². The molecule has 0 atom stereocenters. The molecule has 0 fully saturated rings. The van der Waals surface area contributed by atoms with Gasteiger partial charge in [-0.25, -0.2) is 13.1 Å². The molecule has 1 aromatic heterocycles. The van der Waals surface area contributed by atoms with Crippen molar-refractivity contribution in [3.8, 4) is 0 Å². The molecule has 0 aliphatic heterocycles. The van der Waals surface area contributed by atoms with Crippen molar-refractivity contribution in [3.63, 3.8) is 0 Å². The Hall–Kier alpha value is -1.38.